The molecule has 4 rings (SSSR count). The molecule has 1 aliphatic rings. The maximum Gasteiger partial charge on any atom is 0.471 e. The van der Waals surface area contributed by atoms with E-state index in [4.69, 9.17) is 34.8 Å². The Morgan fingerprint density at radius 1 is 0.800 bits per heavy atom. The molecule has 0 radical (unpaired) electrons. The molecule has 2 atom stereocenters. The van der Waals surface area contributed by atoms with Gasteiger partial charge in [-0.1, -0.05) is 17.7 Å². The van der Waals surface area contributed by atoms with E-state index in [-0.39, 0.29) is 27.9 Å². The second-order valence-electron chi connectivity index (χ2n) is 9.73. The quantitative estimate of drug-likeness (QED) is 0.178. The Morgan fingerprint density at radius 3 is 1.98 bits per heavy atom. The van der Waals surface area contributed by atoms with Crippen LogP contribution in [0.1, 0.15) is 33.0 Å². The molecule has 0 bridgehead atoms. The summed E-state index contributed by atoms with van der Waals surface area (Å²) in [6.07, 6.45) is -10.4. The third kappa shape index (κ3) is 7.10. The van der Waals surface area contributed by atoms with Crippen LogP contribution in [0, 0.1) is 30.3 Å². The van der Waals surface area contributed by atoms with E-state index in [2.05, 4.69) is 5.32 Å². The van der Waals surface area contributed by atoms with Gasteiger partial charge in [-0.15, -0.1) is 23.2 Å². The lowest BCUT2D eigenvalue weighted by Gasteiger charge is -2.14. The fourth-order valence-corrected chi connectivity index (χ4v) is 5.39. The minimum absolute atomic E-state index is 0.112. The van der Waals surface area contributed by atoms with Gasteiger partial charge in [-0.2, -0.15) is 26.3 Å². The lowest BCUT2D eigenvalue weighted by Crippen LogP contribution is -2.30. The highest BCUT2D eigenvalue weighted by Gasteiger charge is 2.67. The molecule has 1 saturated carbocycles. The first-order chi connectivity index (χ1) is 20.6. The average molecular weight is 707 g/mol. The molecule has 1 aliphatic carbocycles. The van der Waals surface area contributed by atoms with Gasteiger partial charge in [-0.3, -0.25) is 14.4 Å². The van der Waals surface area contributed by atoms with Crippen molar-refractivity contribution >= 4 is 69.6 Å². The van der Waals surface area contributed by atoms with E-state index >= 15 is 0 Å². The van der Waals surface area contributed by atoms with Gasteiger partial charge in [0.05, 0.1) is 33.4 Å². The molecule has 3 aromatic rings. The summed E-state index contributed by atoms with van der Waals surface area (Å²) in [7, 11) is 0. The molecule has 0 aliphatic heterocycles. The third-order valence-corrected chi connectivity index (χ3v) is 8.01. The number of hydrogen-bond acceptors (Lipinski definition) is 3. The third-order valence-electron chi connectivity index (χ3n) is 6.57. The van der Waals surface area contributed by atoms with Gasteiger partial charge in [0, 0.05) is 17.7 Å². The summed E-state index contributed by atoms with van der Waals surface area (Å²) in [5.41, 5.74) is -4.09. The second-order valence-corrected chi connectivity index (χ2v) is 11.6. The SMILES string of the molecule is Cc1cc(NC(=O)C2[C@H](c3ccc(F)c(C(F)(F)F)c3)C2(Cl)Cl)cc(C(=O)Nc2cc(NC(=O)C(F)(F)F)c(F)cc2F)c1Cl. The zero-order valence-corrected chi connectivity index (χ0v) is 24.2. The van der Waals surface area contributed by atoms with Gasteiger partial charge in [0.15, 0.2) is 0 Å². The van der Waals surface area contributed by atoms with Crippen LogP contribution in [0.15, 0.2) is 42.5 Å². The van der Waals surface area contributed by atoms with Crippen molar-refractivity contribution in [2.45, 2.75) is 29.5 Å². The summed E-state index contributed by atoms with van der Waals surface area (Å²) >= 11 is 18.6. The van der Waals surface area contributed by atoms with Crippen LogP contribution in [0.25, 0.3) is 0 Å². The maximum atomic E-state index is 14.4. The number of halogens is 12. The van der Waals surface area contributed by atoms with Crippen LogP contribution in [-0.4, -0.2) is 28.2 Å². The molecule has 0 spiro atoms. The Labute approximate surface area is 261 Å². The molecule has 6 nitrogen and oxygen atoms in total. The molecular formula is C27H15Cl3F9N3O3. The summed E-state index contributed by atoms with van der Waals surface area (Å²) < 4.78 is 118. The van der Waals surface area contributed by atoms with Crippen molar-refractivity contribution in [3.05, 3.63) is 87.2 Å². The summed E-state index contributed by atoms with van der Waals surface area (Å²) in [4.78, 5) is 37.2. The largest absolute Gasteiger partial charge is 0.471 e. The van der Waals surface area contributed by atoms with E-state index < -0.39 is 86.2 Å². The number of benzene rings is 3. The van der Waals surface area contributed by atoms with Crippen LogP contribution in [-0.2, 0) is 15.8 Å². The fraction of sp³-hybridized carbons (Fsp3) is 0.222. The van der Waals surface area contributed by atoms with Gasteiger partial charge in [0.2, 0.25) is 5.91 Å². The molecule has 0 saturated heterocycles. The van der Waals surface area contributed by atoms with Gasteiger partial charge in [-0.25, -0.2) is 13.2 Å². The van der Waals surface area contributed by atoms with Crippen LogP contribution in [0.4, 0.5) is 56.6 Å². The van der Waals surface area contributed by atoms with Gasteiger partial charge >= 0.3 is 18.3 Å². The number of carbonyl (C=O) groups is 3. The second kappa shape index (κ2) is 11.9. The van der Waals surface area contributed by atoms with Crippen molar-refractivity contribution < 1.29 is 53.9 Å². The molecule has 3 N–H and O–H groups in total. The molecule has 18 heteroatoms. The molecule has 1 fully saturated rings. The fourth-order valence-electron chi connectivity index (χ4n) is 4.37. The zero-order valence-electron chi connectivity index (χ0n) is 22.0. The standard InChI is InChI=1S/C27H15Cl3F9N3O3/c1-9-4-11(40-23(44)20-19(25(20,29)30)10-2-3-14(31)13(5-10)26(34,35)36)6-12(21(9)28)22(43)41-17-8-18(16(33)7-15(17)32)42-24(45)27(37,38)39/h2-8,19-20H,1H3,(H,40,44)(H,41,43)(H,42,45)/t19-,20?/m0/s1. The average Bonchev–Trinajstić information content (AvgIpc) is 3.49. The molecule has 0 heterocycles. The van der Waals surface area contributed by atoms with Crippen molar-refractivity contribution in [2.75, 3.05) is 16.0 Å². The molecule has 45 heavy (non-hydrogen) atoms. The van der Waals surface area contributed by atoms with Crippen molar-refractivity contribution in [1.82, 2.24) is 0 Å². The molecule has 3 aromatic carbocycles. The number of rotatable bonds is 6. The Hall–Kier alpha value is -3.69. The minimum Gasteiger partial charge on any atom is -0.326 e. The van der Waals surface area contributed by atoms with E-state index in [0.717, 1.165) is 12.1 Å². The molecule has 0 aromatic heterocycles. The van der Waals surface area contributed by atoms with Crippen LogP contribution in [0.2, 0.25) is 5.02 Å². The van der Waals surface area contributed by atoms with Crippen molar-refractivity contribution in [2.24, 2.45) is 5.92 Å². The lowest BCUT2D eigenvalue weighted by atomic mass is 10.0. The van der Waals surface area contributed by atoms with Crippen molar-refractivity contribution in [1.29, 1.82) is 0 Å². The first-order valence-electron chi connectivity index (χ1n) is 12.2. The predicted molar refractivity (Wildman–Crippen MR) is 146 cm³/mol. The highest BCUT2D eigenvalue weighted by Crippen LogP contribution is 2.65. The summed E-state index contributed by atoms with van der Waals surface area (Å²) in [5.74, 6) is -11.7. The van der Waals surface area contributed by atoms with E-state index in [1.54, 1.807) is 0 Å². The van der Waals surface area contributed by atoms with Crippen LogP contribution in [0.5, 0.6) is 0 Å². The van der Waals surface area contributed by atoms with Crippen LogP contribution >= 0.6 is 34.8 Å². The Balaban J connectivity index is 1.56. The number of carbonyl (C=O) groups excluding carboxylic acids is 3. The Bertz CT molecular complexity index is 1730. The summed E-state index contributed by atoms with van der Waals surface area (Å²) in [5, 5.41) is 5.35. The van der Waals surface area contributed by atoms with Crippen molar-refractivity contribution in [3.63, 3.8) is 0 Å². The van der Waals surface area contributed by atoms with E-state index in [0.29, 0.717) is 18.2 Å². The van der Waals surface area contributed by atoms with Crippen LogP contribution < -0.4 is 16.0 Å². The summed E-state index contributed by atoms with van der Waals surface area (Å²) in [6, 6.07) is 4.81. The van der Waals surface area contributed by atoms with Crippen molar-refractivity contribution in [3.8, 4) is 0 Å². The van der Waals surface area contributed by atoms with Gasteiger partial charge < -0.3 is 16.0 Å². The number of nitrogens with one attached hydrogen (secondary N) is 3. The van der Waals surface area contributed by atoms with Gasteiger partial charge in [0.1, 0.15) is 21.8 Å². The first-order valence-corrected chi connectivity index (χ1v) is 13.3. The number of alkyl halides is 8. The monoisotopic (exact) mass is 705 g/mol. The number of aryl methyl sites for hydroxylation is 1. The number of hydrogen-bond donors (Lipinski definition) is 3. The molecule has 240 valence electrons. The normalized spacial score (nSPS) is 17.4. The Morgan fingerprint density at radius 2 is 1.40 bits per heavy atom. The highest BCUT2D eigenvalue weighted by molar-refractivity contribution is 6.53. The first kappa shape index (κ1) is 34.2. The Kier molecular flexibility index (Phi) is 9.05. The van der Waals surface area contributed by atoms with Crippen LogP contribution in [0.3, 0.4) is 0 Å². The highest BCUT2D eigenvalue weighted by atomic mass is 35.5. The van der Waals surface area contributed by atoms with E-state index in [9.17, 15) is 53.9 Å². The zero-order chi connectivity index (χ0) is 33.8. The number of amides is 3. The minimum atomic E-state index is -5.40. The smallest absolute Gasteiger partial charge is 0.326 e. The predicted octanol–water partition coefficient (Wildman–Crippen LogP) is 8.36. The van der Waals surface area contributed by atoms with Gasteiger partial charge in [0.25, 0.3) is 5.91 Å². The van der Waals surface area contributed by atoms with E-state index in [1.807, 2.05) is 5.32 Å². The lowest BCUT2D eigenvalue weighted by molar-refractivity contribution is -0.167. The molecular weight excluding hydrogens is 692 g/mol. The number of anilines is 3. The van der Waals surface area contributed by atoms with Gasteiger partial charge in [-0.05, 0) is 48.4 Å². The summed E-state index contributed by atoms with van der Waals surface area (Å²) in [6.45, 7) is 1.39. The molecule has 3 amide bonds. The van der Waals surface area contributed by atoms with E-state index in [1.165, 1.54) is 18.3 Å². The maximum absolute atomic E-state index is 14.4. The molecule has 1 unspecified atom stereocenters. The topological polar surface area (TPSA) is 87.3 Å².